The smallest absolute Gasteiger partial charge is 0.240 e. The maximum Gasteiger partial charge on any atom is 0.240 e. The molecule has 2 N–H and O–H groups in total. The van der Waals surface area contributed by atoms with E-state index < -0.39 is 10.0 Å². The topological polar surface area (TPSA) is 90.5 Å². The predicted molar refractivity (Wildman–Crippen MR) is 153 cm³/mol. The summed E-state index contributed by atoms with van der Waals surface area (Å²) in [5, 5.41) is 4.29. The molecule has 0 saturated carbocycles. The molecule has 1 aliphatic rings. The molecule has 1 aliphatic heterocycles. The van der Waals surface area contributed by atoms with Crippen LogP contribution in [0.2, 0.25) is 0 Å². The number of piperazine rings is 1. The van der Waals surface area contributed by atoms with E-state index in [1.807, 2.05) is 42.6 Å². The summed E-state index contributed by atoms with van der Waals surface area (Å²) in [4.78, 5) is 14.6. The second-order valence-corrected chi connectivity index (χ2v) is 11.3. The number of likely N-dealkylation sites (N-methyl/N-ethyl adjacent to an activating group) is 1. The van der Waals surface area contributed by atoms with Crippen molar-refractivity contribution in [2.24, 2.45) is 0 Å². The zero-order valence-electron chi connectivity index (χ0n) is 21.9. The van der Waals surface area contributed by atoms with Gasteiger partial charge in [0.25, 0.3) is 0 Å². The second kappa shape index (κ2) is 11.6. The van der Waals surface area contributed by atoms with Crippen molar-refractivity contribution in [2.45, 2.75) is 25.3 Å². The summed E-state index contributed by atoms with van der Waals surface area (Å²) in [7, 11) is -3.50. The quantitative estimate of drug-likeness (QED) is 0.330. The molecule has 5 rings (SSSR count). The first kappa shape index (κ1) is 26.2. The lowest BCUT2D eigenvalue weighted by Gasteiger charge is -2.34. The largest absolute Gasteiger partial charge is 0.324 e. The van der Waals surface area contributed by atoms with E-state index >= 15 is 0 Å². The van der Waals surface area contributed by atoms with Crippen LogP contribution in [0.1, 0.15) is 19.4 Å². The Morgan fingerprint density at radius 3 is 2.37 bits per heavy atom. The molecular weight excluding hydrogens is 496 g/mol. The van der Waals surface area contributed by atoms with Gasteiger partial charge in [-0.25, -0.2) is 23.1 Å². The summed E-state index contributed by atoms with van der Waals surface area (Å²) in [6.07, 6.45) is 1.81. The number of fused-ring (bicyclic) bond motifs is 1. The molecule has 198 valence electrons. The summed E-state index contributed by atoms with van der Waals surface area (Å²) >= 11 is 0. The molecule has 0 radical (unpaired) electrons. The third-order valence-electron chi connectivity index (χ3n) is 6.92. The van der Waals surface area contributed by atoms with Crippen molar-refractivity contribution in [3.63, 3.8) is 0 Å². The van der Waals surface area contributed by atoms with Crippen LogP contribution in [-0.2, 0) is 16.6 Å². The van der Waals surface area contributed by atoms with Crippen molar-refractivity contribution in [3.05, 3.63) is 78.5 Å². The number of hydrogen-bond donors (Lipinski definition) is 2. The van der Waals surface area contributed by atoms with Gasteiger partial charge in [-0.1, -0.05) is 56.3 Å². The van der Waals surface area contributed by atoms with Gasteiger partial charge < -0.3 is 10.2 Å². The monoisotopic (exact) mass is 530 g/mol. The predicted octanol–water partition coefficient (Wildman–Crippen LogP) is 4.48. The van der Waals surface area contributed by atoms with Crippen LogP contribution < -0.4 is 10.0 Å². The van der Waals surface area contributed by atoms with Gasteiger partial charge in [-0.2, -0.15) is 0 Å². The molecule has 9 heteroatoms. The standard InChI is InChI=1S/C29H34N6O2S/c1-3-31-38(36,37)26-13-11-23(12-14-26)27-10-6-8-24-20-30-29(33-28(24)27)32-25-9-5-7-22(19-25)21-35-17-15-34(4-2)16-18-35/h5-14,19-20,31H,3-4,15-18,21H2,1-2H3,(H,30,32,33). The number of para-hydroxylation sites is 1. The lowest BCUT2D eigenvalue weighted by Crippen LogP contribution is -2.45. The zero-order chi connectivity index (χ0) is 26.5. The Morgan fingerprint density at radius 1 is 0.895 bits per heavy atom. The van der Waals surface area contributed by atoms with E-state index in [4.69, 9.17) is 4.98 Å². The Balaban J connectivity index is 1.36. The fraction of sp³-hybridized carbons (Fsp3) is 0.310. The van der Waals surface area contributed by atoms with Gasteiger partial charge in [-0.15, -0.1) is 0 Å². The normalized spacial score (nSPS) is 15.1. The zero-order valence-corrected chi connectivity index (χ0v) is 22.7. The van der Waals surface area contributed by atoms with Crippen molar-refractivity contribution >= 4 is 32.6 Å². The van der Waals surface area contributed by atoms with E-state index in [1.54, 1.807) is 19.1 Å². The molecule has 0 unspecified atom stereocenters. The van der Waals surface area contributed by atoms with Gasteiger partial charge in [0.2, 0.25) is 16.0 Å². The highest BCUT2D eigenvalue weighted by molar-refractivity contribution is 7.89. The number of nitrogens with one attached hydrogen (secondary N) is 2. The Labute approximate surface area is 224 Å². The Morgan fingerprint density at radius 2 is 1.63 bits per heavy atom. The number of hydrogen-bond acceptors (Lipinski definition) is 7. The minimum Gasteiger partial charge on any atom is -0.324 e. The molecule has 1 aromatic heterocycles. The molecule has 0 amide bonds. The van der Waals surface area contributed by atoms with Crippen LogP contribution in [0.25, 0.3) is 22.0 Å². The van der Waals surface area contributed by atoms with E-state index in [0.29, 0.717) is 12.5 Å². The summed E-state index contributed by atoms with van der Waals surface area (Å²) in [6.45, 7) is 10.8. The summed E-state index contributed by atoms with van der Waals surface area (Å²) in [5.41, 5.74) is 4.82. The molecule has 0 atom stereocenters. The van der Waals surface area contributed by atoms with Crippen LogP contribution in [0.15, 0.2) is 77.8 Å². The van der Waals surface area contributed by atoms with Crippen LogP contribution in [0, 0.1) is 0 Å². The van der Waals surface area contributed by atoms with Gasteiger partial charge in [0.1, 0.15) is 0 Å². The average Bonchev–Trinajstić information content (AvgIpc) is 2.93. The van der Waals surface area contributed by atoms with Crippen LogP contribution in [0.5, 0.6) is 0 Å². The number of benzene rings is 3. The highest BCUT2D eigenvalue weighted by Crippen LogP contribution is 2.29. The number of rotatable bonds is 9. The maximum atomic E-state index is 12.3. The van der Waals surface area contributed by atoms with Crippen molar-refractivity contribution in [1.29, 1.82) is 0 Å². The first-order chi connectivity index (χ1) is 18.4. The second-order valence-electron chi connectivity index (χ2n) is 9.50. The first-order valence-corrected chi connectivity index (χ1v) is 14.6. The molecular formula is C29H34N6O2S. The Bertz CT molecular complexity index is 1500. The minimum absolute atomic E-state index is 0.243. The van der Waals surface area contributed by atoms with Gasteiger partial charge in [0, 0.05) is 62.1 Å². The lowest BCUT2D eigenvalue weighted by atomic mass is 10.0. The summed E-state index contributed by atoms with van der Waals surface area (Å²) in [5.74, 6) is 0.519. The van der Waals surface area contributed by atoms with Crippen LogP contribution >= 0.6 is 0 Å². The van der Waals surface area contributed by atoms with Crippen LogP contribution in [0.3, 0.4) is 0 Å². The molecule has 3 aromatic carbocycles. The van der Waals surface area contributed by atoms with Gasteiger partial charge in [0.05, 0.1) is 10.4 Å². The number of nitrogens with zero attached hydrogens (tertiary/aromatic N) is 4. The molecule has 8 nitrogen and oxygen atoms in total. The molecule has 4 aromatic rings. The molecule has 0 spiro atoms. The van der Waals surface area contributed by atoms with Crippen LogP contribution in [0.4, 0.5) is 11.6 Å². The summed E-state index contributed by atoms with van der Waals surface area (Å²) < 4.78 is 27.2. The van der Waals surface area contributed by atoms with E-state index in [1.165, 1.54) is 5.56 Å². The lowest BCUT2D eigenvalue weighted by molar-refractivity contribution is 0.132. The third kappa shape index (κ3) is 6.02. The number of sulfonamides is 1. The Kier molecular flexibility index (Phi) is 7.99. The fourth-order valence-electron chi connectivity index (χ4n) is 4.83. The minimum atomic E-state index is -3.50. The van der Waals surface area contributed by atoms with E-state index in [0.717, 1.165) is 67.0 Å². The van der Waals surface area contributed by atoms with E-state index in [-0.39, 0.29) is 4.90 Å². The van der Waals surface area contributed by atoms with Crippen molar-refractivity contribution < 1.29 is 8.42 Å². The SMILES string of the molecule is CCNS(=O)(=O)c1ccc(-c2cccc3cnc(Nc4cccc(CN5CCN(CC)CC5)c4)nc23)cc1. The molecule has 0 aliphatic carbocycles. The number of anilines is 2. The Hall–Kier alpha value is -3.37. The van der Waals surface area contributed by atoms with Gasteiger partial charge >= 0.3 is 0 Å². The molecule has 1 fully saturated rings. The summed E-state index contributed by atoms with van der Waals surface area (Å²) in [6, 6.07) is 21.2. The molecule has 0 bridgehead atoms. The van der Waals surface area contributed by atoms with Crippen molar-refractivity contribution in [1.82, 2.24) is 24.5 Å². The maximum absolute atomic E-state index is 12.3. The van der Waals surface area contributed by atoms with Gasteiger partial charge in [-0.05, 0) is 41.9 Å². The fourth-order valence-corrected chi connectivity index (χ4v) is 5.88. The van der Waals surface area contributed by atoms with E-state index in [9.17, 15) is 8.42 Å². The average molecular weight is 531 g/mol. The van der Waals surface area contributed by atoms with Crippen molar-refractivity contribution in [3.8, 4) is 11.1 Å². The van der Waals surface area contributed by atoms with E-state index in [2.05, 4.69) is 49.9 Å². The van der Waals surface area contributed by atoms with Gasteiger partial charge in [-0.3, -0.25) is 4.90 Å². The van der Waals surface area contributed by atoms with Crippen LogP contribution in [-0.4, -0.2) is 67.5 Å². The third-order valence-corrected chi connectivity index (χ3v) is 8.48. The van der Waals surface area contributed by atoms with Gasteiger partial charge in [0.15, 0.2) is 0 Å². The first-order valence-electron chi connectivity index (χ1n) is 13.1. The van der Waals surface area contributed by atoms with Crippen molar-refractivity contribution in [2.75, 3.05) is 44.6 Å². The molecule has 2 heterocycles. The highest BCUT2D eigenvalue weighted by atomic mass is 32.2. The molecule has 38 heavy (non-hydrogen) atoms. The molecule has 1 saturated heterocycles. The highest BCUT2D eigenvalue weighted by Gasteiger charge is 2.16. The number of aromatic nitrogens is 2.